The topological polar surface area (TPSA) is 90.1 Å². The second-order valence-electron chi connectivity index (χ2n) is 6.27. The Labute approximate surface area is 160 Å². The maximum atomic E-state index is 12.4. The SMILES string of the molecule is O=C(Nc1ccn(Cc2cccc3ccccc23)n1)c1ccccc1[N+](=O)[O-]. The molecule has 138 valence electrons. The predicted molar refractivity (Wildman–Crippen MR) is 106 cm³/mol. The van der Waals surface area contributed by atoms with E-state index in [0.29, 0.717) is 12.4 Å². The number of para-hydroxylation sites is 1. The number of amides is 1. The number of fused-ring (bicyclic) bond motifs is 1. The first kappa shape index (κ1) is 17.4. The lowest BCUT2D eigenvalue weighted by molar-refractivity contribution is -0.385. The van der Waals surface area contributed by atoms with E-state index in [1.54, 1.807) is 23.0 Å². The van der Waals surface area contributed by atoms with Gasteiger partial charge in [-0.15, -0.1) is 0 Å². The zero-order chi connectivity index (χ0) is 19.5. The smallest absolute Gasteiger partial charge is 0.282 e. The molecule has 0 fully saturated rings. The summed E-state index contributed by atoms with van der Waals surface area (Å²) in [4.78, 5) is 22.9. The standard InChI is InChI=1S/C21H16N4O3/c26-21(18-10-3-4-11-19(18)25(27)28)22-20-12-13-24(23-20)14-16-8-5-7-15-6-1-2-9-17(15)16/h1-13H,14H2,(H,22,23,26). The van der Waals surface area contributed by atoms with Crippen molar-refractivity contribution >= 4 is 28.2 Å². The number of nitrogens with zero attached hydrogens (tertiary/aromatic N) is 3. The third-order valence-electron chi connectivity index (χ3n) is 4.44. The van der Waals surface area contributed by atoms with Crippen molar-refractivity contribution in [1.29, 1.82) is 0 Å². The fraction of sp³-hybridized carbons (Fsp3) is 0.0476. The molecule has 1 N–H and O–H groups in total. The highest BCUT2D eigenvalue weighted by Gasteiger charge is 2.19. The average Bonchev–Trinajstić information content (AvgIpc) is 3.15. The van der Waals surface area contributed by atoms with E-state index in [1.165, 1.54) is 18.2 Å². The van der Waals surface area contributed by atoms with E-state index in [0.717, 1.165) is 16.3 Å². The summed E-state index contributed by atoms with van der Waals surface area (Å²) in [5.74, 6) is -0.230. The highest BCUT2D eigenvalue weighted by Crippen LogP contribution is 2.21. The van der Waals surface area contributed by atoms with Crippen LogP contribution < -0.4 is 5.32 Å². The Balaban J connectivity index is 1.54. The van der Waals surface area contributed by atoms with E-state index >= 15 is 0 Å². The number of nitrogens with one attached hydrogen (secondary N) is 1. The van der Waals surface area contributed by atoms with E-state index in [-0.39, 0.29) is 11.3 Å². The fourth-order valence-corrected chi connectivity index (χ4v) is 3.13. The quantitative estimate of drug-likeness (QED) is 0.419. The summed E-state index contributed by atoms with van der Waals surface area (Å²) in [5.41, 5.74) is 0.865. The summed E-state index contributed by atoms with van der Waals surface area (Å²) in [6.07, 6.45) is 1.76. The largest absolute Gasteiger partial charge is 0.305 e. The summed E-state index contributed by atoms with van der Waals surface area (Å²) in [5, 5.41) is 20.4. The highest BCUT2D eigenvalue weighted by molar-refractivity contribution is 6.06. The molecular formula is C21H16N4O3. The van der Waals surface area contributed by atoms with Gasteiger partial charge < -0.3 is 5.32 Å². The zero-order valence-corrected chi connectivity index (χ0v) is 14.8. The first-order chi connectivity index (χ1) is 13.6. The van der Waals surface area contributed by atoms with Gasteiger partial charge in [0.1, 0.15) is 5.56 Å². The van der Waals surface area contributed by atoms with Gasteiger partial charge in [0.25, 0.3) is 11.6 Å². The van der Waals surface area contributed by atoms with Crippen molar-refractivity contribution in [1.82, 2.24) is 9.78 Å². The molecule has 0 bridgehead atoms. The van der Waals surface area contributed by atoms with Crippen molar-refractivity contribution < 1.29 is 9.72 Å². The molecule has 7 nitrogen and oxygen atoms in total. The molecule has 0 aliphatic rings. The van der Waals surface area contributed by atoms with Gasteiger partial charge in [0.2, 0.25) is 0 Å². The molecule has 0 aliphatic carbocycles. The van der Waals surface area contributed by atoms with Crippen LogP contribution in [0.5, 0.6) is 0 Å². The minimum atomic E-state index is -0.575. The Morgan fingerprint density at radius 2 is 1.75 bits per heavy atom. The van der Waals surface area contributed by atoms with Gasteiger partial charge in [0, 0.05) is 18.3 Å². The van der Waals surface area contributed by atoms with E-state index in [4.69, 9.17) is 0 Å². The van der Waals surface area contributed by atoms with Gasteiger partial charge in [-0.25, -0.2) is 0 Å². The molecule has 0 saturated carbocycles. The van der Waals surface area contributed by atoms with E-state index < -0.39 is 10.8 Å². The number of hydrogen-bond donors (Lipinski definition) is 1. The Bertz CT molecular complexity index is 1180. The van der Waals surface area contributed by atoms with Crippen LogP contribution in [-0.4, -0.2) is 20.6 Å². The van der Waals surface area contributed by atoms with Crippen LogP contribution in [0.15, 0.2) is 79.0 Å². The molecule has 0 radical (unpaired) electrons. The Hall–Kier alpha value is -4.00. The molecule has 0 unspecified atom stereocenters. The van der Waals surface area contributed by atoms with Crippen LogP contribution in [-0.2, 0) is 6.54 Å². The number of rotatable bonds is 5. The molecule has 1 aromatic heterocycles. The lowest BCUT2D eigenvalue weighted by atomic mass is 10.0. The number of hydrogen-bond acceptors (Lipinski definition) is 4. The highest BCUT2D eigenvalue weighted by atomic mass is 16.6. The molecular weight excluding hydrogens is 356 g/mol. The first-order valence-electron chi connectivity index (χ1n) is 8.67. The molecule has 4 rings (SSSR count). The molecule has 3 aromatic carbocycles. The minimum Gasteiger partial charge on any atom is -0.305 e. The molecule has 0 saturated heterocycles. The van der Waals surface area contributed by atoms with Crippen molar-refractivity contribution in [3.63, 3.8) is 0 Å². The van der Waals surface area contributed by atoms with Crippen LogP contribution >= 0.6 is 0 Å². The molecule has 1 heterocycles. The summed E-state index contributed by atoms with van der Waals surface area (Å²) >= 11 is 0. The Morgan fingerprint density at radius 3 is 2.61 bits per heavy atom. The summed E-state index contributed by atoms with van der Waals surface area (Å²) in [7, 11) is 0. The van der Waals surface area contributed by atoms with Crippen molar-refractivity contribution in [3.8, 4) is 0 Å². The third kappa shape index (κ3) is 3.45. The van der Waals surface area contributed by atoms with Gasteiger partial charge in [-0.1, -0.05) is 54.6 Å². The minimum absolute atomic E-state index is 0.00361. The molecule has 4 aromatic rings. The first-order valence-corrected chi connectivity index (χ1v) is 8.67. The van der Waals surface area contributed by atoms with Crippen LogP contribution in [0.4, 0.5) is 11.5 Å². The normalized spacial score (nSPS) is 10.7. The predicted octanol–water partition coefficient (Wildman–Crippen LogP) is 4.25. The summed E-state index contributed by atoms with van der Waals surface area (Å²) in [6, 6.07) is 21.7. The van der Waals surface area contributed by atoms with Crippen molar-refractivity contribution in [3.05, 3.63) is 100 Å². The van der Waals surface area contributed by atoms with Crippen LogP contribution in [0.25, 0.3) is 10.8 Å². The van der Waals surface area contributed by atoms with Gasteiger partial charge in [0.15, 0.2) is 5.82 Å². The molecule has 0 spiro atoms. The molecule has 28 heavy (non-hydrogen) atoms. The van der Waals surface area contributed by atoms with E-state index in [1.807, 2.05) is 24.3 Å². The summed E-state index contributed by atoms with van der Waals surface area (Å²) in [6.45, 7) is 0.544. The van der Waals surface area contributed by atoms with Gasteiger partial charge in [-0.3, -0.25) is 19.6 Å². The van der Waals surface area contributed by atoms with Gasteiger partial charge in [-0.05, 0) is 22.4 Å². The lowest BCUT2D eigenvalue weighted by Gasteiger charge is -2.07. The summed E-state index contributed by atoms with van der Waals surface area (Å²) < 4.78 is 1.72. The van der Waals surface area contributed by atoms with Crippen molar-refractivity contribution in [2.75, 3.05) is 5.32 Å². The zero-order valence-electron chi connectivity index (χ0n) is 14.8. The number of aromatic nitrogens is 2. The number of nitro groups is 1. The van der Waals surface area contributed by atoms with Crippen LogP contribution in [0, 0.1) is 10.1 Å². The van der Waals surface area contributed by atoms with Gasteiger partial charge in [-0.2, -0.15) is 5.10 Å². The second-order valence-corrected chi connectivity index (χ2v) is 6.27. The monoisotopic (exact) mass is 372 g/mol. The maximum Gasteiger partial charge on any atom is 0.282 e. The number of benzene rings is 3. The number of carbonyl (C=O) groups is 1. The van der Waals surface area contributed by atoms with Crippen LogP contribution in [0.2, 0.25) is 0 Å². The maximum absolute atomic E-state index is 12.4. The van der Waals surface area contributed by atoms with E-state index in [9.17, 15) is 14.9 Å². The second kappa shape index (κ2) is 7.32. The number of carbonyl (C=O) groups excluding carboxylic acids is 1. The molecule has 1 amide bonds. The number of anilines is 1. The van der Waals surface area contributed by atoms with Crippen molar-refractivity contribution in [2.24, 2.45) is 0 Å². The van der Waals surface area contributed by atoms with Gasteiger partial charge in [0.05, 0.1) is 11.5 Å². The molecule has 0 atom stereocenters. The lowest BCUT2D eigenvalue weighted by Crippen LogP contribution is -2.14. The van der Waals surface area contributed by atoms with Gasteiger partial charge >= 0.3 is 0 Å². The molecule has 7 heteroatoms. The molecule has 0 aliphatic heterocycles. The number of nitro benzene ring substituents is 1. The van der Waals surface area contributed by atoms with E-state index in [2.05, 4.69) is 28.6 Å². The fourth-order valence-electron chi connectivity index (χ4n) is 3.13. The van der Waals surface area contributed by atoms with Crippen molar-refractivity contribution in [2.45, 2.75) is 6.54 Å². The average molecular weight is 372 g/mol. The van der Waals surface area contributed by atoms with Crippen LogP contribution in [0.1, 0.15) is 15.9 Å². The van der Waals surface area contributed by atoms with Crippen LogP contribution in [0.3, 0.4) is 0 Å². The Kier molecular flexibility index (Phi) is 4.55. The third-order valence-corrected chi connectivity index (χ3v) is 4.44. The Morgan fingerprint density at radius 1 is 1.00 bits per heavy atom.